The summed E-state index contributed by atoms with van der Waals surface area (Å²) in [6.45, 7) is 3.31. The predicted octanol–water partition coefficient (Wildman–Crippen LogP) is 4.08. The van der Waals surface area contributed by atoms with Crippen LogP contribution in [0.2, 0.25) is 0 Å². The van der Waals surface area contributed by atoms with Crippen LogP contribution in [0.4, 0.5) is 22.0 Å². The van der Waals surface area contributed by atoms with Gasteiger partial charge >= 0.3 is 12.3 Å². The molecule has 1 N–H and O–H groups in total. The molecule has 1 aromatic carbocycles. The van der Waals surface area contributed by atoms with Gasteiger partial charge in [0.25, 0.3) is 0 Å². The van der Waals surface area contributed by atoms with Gasteiger partial charge in [0.05, 0.1) is 0 Å². The molecule has 0 saturated carbocycles. The second-order valence-electron chi connectivity index (χ2n) is 4.37. The van der Waals surface area contributed by atoms with Gasteiger partial charge in [-0.2, -0.15) is 8.78 Å². The highest BCUT2D eigenvalue weighted by Gasteiger charge is 2.49. The van der Waals surface area contributed by atoms with Gasteiger partial charge in [0.15, 0.2) is 0 Å². The van der Waals surface area contributed by atoms with Gasteiger partial charge in [-0.3, -0.25) is 0 Å². The number of alkyl halides is 4. The first-order valence-corrected chi connectivity index (χ1v) is 5.96. The van der Waals surface area contributed by atoms with Gasteiger partial charge in [-0.25, -0.2) is 13.2 Å². The van der Waals surface area contributed by atoms with E-state index in [9.17, 15) is 22.0 Å². The Balaban J connectivity index is 3.12. The number of aryl methyl sites for hydroxylation is 1. The summed E-state index contributed by atoms with van der Waals surface area (Å²) in [5.41, 5.74) is 0.100. The Morgan fingerprint density at radius 1 is 1.26 bits per heavy atom. The van der Waals surface area contributed by atoms with E-state index in [-0.39, 0.29) is 17.7 Å². The van der Waals surface area contributed by atoms with Gasteiger partial charge in [-0.1, -0.05) is 19.1 Å². The number of nitrogens with one attached hydrogen (secondary N) is 1. The molecule has 0 aliphatic rings. The van der Waals surface area contributed by atoms with Crippen LogP contribution in [0.15, 0.2) is 18.2 Å². The topological polar surface area (TPSA) is 12.0 Å². The van der Waals surface area contributed by atoms with Crippen LogP contribution >= 0.6 is 0 Å². The van der Waals surface area contributed by atoms with Crippen LogP contribution in [0.1, 0.15) is 30.5 Å². The molecule has 0 fully saturated rings. The minimum atomic E-state index is -4.21. The lowest BCUT2D eigenvalue weighted by Gasteiger charge is -2.27. The Bertz CT molecular complexity index is 419. The third kappa shape index (κ3) is 3.65. The van der Waals surface area contributed by atoms with Crippen molar-refractivity contribution in [2.75, 3.05) is 6.54 Å². The van der Waals surface area contributed by atoms with E-state index in [1.54, 1.807) is 6.92 Å². The molecule has 0 amide bonds. The van der Waals surface area contributed by atoms with Crippen molar-refractivity contribution in [2.45, 2.75) is 38.7 Å². The van der Waals surface area contributed by atoms with E-state index >= 15 is 0 Å². The zero-order valence-electron chi connectivity index (χ0n) is 10.7. The fraction of sp³-hybridized carbons (Fsp3) is 0.538. The standard InChI is InChI=1S/C13H16F5N/c1-3-6-19-11(13(17,18)12(15)16)9-4-5-10(14)8(2)7-9/h4-5,7,11-12,19H,3,6H2,1-2H3. The van der Waals surface area contributed by atoms with Crippen molar-refractivity contribution in [3.63, 3.8) is 0 Å². The van der Waals surface area contributed by atoms with Gasteiger partial charge in [-0.05, 0) is 37.1 Å². The van der Waals surface area contributed by atoms with E-state index in [0.29, 0.717) is 6.42 Å². The molecule has 0 aliphatic carbocycles. The van der Waals surface area contributed by atoms with Crippen molar-refractivity contribution < 1.29 is 22.0 Å². The number of halogens is 5. The molecule has 0 spiro atoms. The van der Waals surface area contributed by atoms with Gasteiger partial charge in [-0.15, -0.1) is 0 Å². The lowest BCUT2D eigenvalue weighted by molar-refractivity contribution is -0.151. The van der Waals surface area contributed by atoms with Crippen LogP contribution in [-0.2, 0) is 0 Å². The van der Waals surface area contributed by atoms with Crippen LogP contribution in [0.25, 0.3) is 0 Å². The van der Waals surface area contributed by atoms with Crippen LogP contribution in [0.5, 0.6) is 0 Å². The lowest BCUT2D eigenvalue weighted by Crippen LogP contribution is -2.42. The lowest BCUT2D eigenvalue weighted by atomic mass is 9.98. The first-order chi connectivity index (χ1) is 8.80. The number of hydrogen-bond donors (Lipinski definition) is 1. The van der Waals surface area contributed by atoms with E-state index in [1.165, 1.54) is 13.0 Å². The third-order valence-corrected chi connectivity index (χ3v) is 2.79. The molecule has 1 aromatic rings. The molecule has 0 radical (unpaired) electrons. The van der Waals surface area contributed by atoms with Crippen LogP contribution in [0.3, 0.4) is 0 Å². The minimum absolute atomic E-state index is 0.0438. The van der Waals surface area contributed by atoms with E-state index in [1.807, 2.05) is 0 Å². The van der Waals surface area contributed by atoms with Gasteiger partial charge in [0.2, 0.25) is 0 Å². The first-order valence-electron chi connectivity index (χ1n) is 5.96. The van der Waals surface area contributed by atoms with E-state index in [4.69, 9.17) is 0 Å². The highest BCUT2D eigenvalue weighted by molar-refractivity contribution is 5.28. The molecule has 6 heteroatoms. The third-order valence-electron chi connectivity index (χ3n) is 2.79. The summed E-state index contributed by atoms with van der Waals surface area (Å²) >= 11 is 0. The molecule has 0 saturated heterocycles. The fourth-order valence-corrected chi connectivity index (χ4v) is 1.74. The summed E-state index contributed by atoms with van der Waals surface area (Å²) in [4.78, 5) is 0. The highest BCUT2D eigenvalue weighted by Crippen LogP contribution is 2.37. The molecule has 1 atom stereocenters. The van der Waals surface area contributed by atoms with Crippen LogP contribution in [0, 0.1) is 12.7 Å². The zero-order chi connectivity index (χ0) is 14.6. The maximum Gasteiger partial charge on any atom is 0.326 e. The molecular formula is C13H16F5N. The van der Waals surface area contributed by atoms with E-state index < -0.39 is 24.2 Å². The smallest absolute Gasteiger partial charge is 0.305 e. The number of benzene rings is 1. The average Bonchev–Trinajstić information content (AvgIpc) is 2.33. The Labute approximate surface area is 108 Å². The van der Waals surface area contributed by atoms with Crippen LogP contribution < -0.4 is 5.32 Å². The Kier molecular flexibility index (Phi) is 5.29. The van der Waals surface area contributed by atoms with Crippen LogP contribution in [-0.4, -0.2) is 18.9 Å². The van der Waals surface area contributed by atoms with Crippen molar-refractivity contribution in [3.05, 3.63) is 35.1 Å². The van der Waals surface area contributed by atoms with Crippen molar-refractivity contribution in [3.8, 4) is 0 Å². The molecule has 0 aliphatic heterocycles. The SMILES string of the molecule is CCCNC(c1ccc(F)c(C)c1)C(F)(F)C(F)F. The van der Waals surface area contributed by atoms with E-state index in [2.05, 4.69) is 5.32 Å². The Morgan fingerprint density at radius 3 is 2.37 bits per heavy atom. The minimum Gasteiger partial charge on any atom is -0.305 e. The summed E-state index contributed by atoms with van der Waals surface area (Å²) in [6.07, 6.45) is -3.26. The molecule has 108 valence electrons. The summed E-state index contributed by atoms with van der Waals surface area (Å²) in [6, 6.07) is 1.45. The van der Waals surface area contributed by atoms with Crippen molar-refractivity contribution >= 4 is 0 Å². The number of rotatable bonds is 6. The van der Waals surface area contributed by atoms with Crippen molar-refractivity contribution in [1.82, 2.24) is 5.32 Å². The molecule has 0 heterocycles. The zero-order valence-corrected chi connectivity index (χ0v) is 10.7. The summed E-state index contributed by atoms with van der Waals surface area (Å²) < 4.78 is 65.2. The Hall–Kier alpha value is -1.17. The predicted molar refractivity (Wildman–Crippen MR) is 63.1 cm³/mol. The quantitative estimate of drug-likeness (QED) is 0.775. The summed E-state index contributed by atoms with van der Waals surface area (Å²) in [5.74, 6) is -4.77. The maximum atomic E-state index is 13.5. The maximum absolute atomic E-state index is 13.5. The molecule has 0 bridgehead atoms. The van der Waals surface area contributed by atoms with E-state index in [0.717, 1.165) is 12.1 Å². The molecule has 1 unspecified atom stereocenters. The molecule has 19 heavy (non-hydrogen) atoms. The summed E-state index contributed by atoms with van der Waals surface area (Å²) in [7, 11) is 0. The molecular weight excluding hydrogens is 265 g/mol. The molecule has 1 nitrogen and oxygen atoms in total. The van der Waals surface area contributed by atoms with Gasteiger partial charge in [0, 0.05) is 0 Å². The van der Waals surface area contributed by atoms with Gasteiger partial charge in [0.1, 0.15) is 11.9 Å². The first kappa shape index (κ1) is 15.9. The second-order valence-corrected chi connectivity index (χ2v) is 4.37. The largest absolute Gasteiger partial charge is 0.326 e. The normalized spacial score (nSPS) is 13.9. The monoisotopic (exact) mass is 281 g/mol. The fourth-order valence-electron chi connectivity index (χ4n) is 1.74. The molecule has 0 aromatic heterocycles. The Morgan fingerprint density at radius 2 is 1.89 bits per heavy atom. The summed E-state index contributed by atoms with van der Waals surface area (Å²) in [5, 5.41) is 2.40. The second kappa shape index (κ2) is 6.32. The molecule has 1 rings (SSSR count). The number of hydrogen-bond acceptors (Lipinski definition) is 1. The average molecular weight is 281 g/mol. The van der Waals surface area contributed by atoms with Crippen molar-refractivity contribution in [2.24, 2.45) is 0 Å². The van der Waals surface area contributed by atoms with Crippen molar-refractivity contribution in [1.29, 1.82) is 0 Å². The highest BCUT2D eigenvalue weighted by atomic mass is 19.3. The van der Waals surface area contributed by atoms with Gasteiger partial charge < -0.3 is 5.32 Å².